The van der Waals surface area contributed by atoms with Crippen LogP contribution in [0.15, 0.2) is 0 Å². The highest BCUT2D eigenvalue weighted by Crippen LogP contribution is 2.17. The molecule has 0 fully saturated rings. The Balaban J connectivity index is -0.00000122. The second-order valence-corrected chi connectivity index (χ2v) is 21.9. The SMILES string of the molecule is CCCCCCCCCCCCCCCCCC(=N)[O-].CCCCCCCCCCCCCCCCCC[N+](C)(C)CCCCCCCCCCCCCCCCCC.CCCN(C)C. The summed E-state index contributed by atoms with van der Waals surface area (Å²) in [7, 11) is 9.11. The third-order valence-corrected chi connectivity index (χ3v) is 13.9. The molecule has 0 amide bonds. The smallest absolute Gasteiger partial charge is 0.0782 e. The average molecular weight is 921 g/mol. The van der Waals surface area contributed by atoms with Gasteiger partial charge < -0.3 is 19.9 Å². The normalized spacial score (nSPS) is 11.5. The first-order valence-electron chi connectivity index (χ1n) is 30.4. The summed E-state index contributed by atoms with van der Waals surface area (Å²) in [6.45, 7) is 13.1. The van der Waals surface area contributed by atoms with Crippen molar-refractivity contribution in [3.05, 3.63) is 0 Å². The van der Waals surface area contributed by atoms with E-state index in [9.17, 15) is 5.11 Å². The number of nitrogens with zero attached hydrogens (tertiary/aromatic N) is 2. The summed E-state index contributed by atoms with van der Waals surface area (Å²) in [5, 5.41) is 17.3. The molecule has 0 aromatic carbocycles. The zero-order chi connectivity index (χ0) is 48.4. The molecule has 0 aliphatic rings. The van der Waals surface area contributed by atoms with Gasteiger partial charge in [-0.2, -0.15) is 0 Å². The van der Waals surface area contributed by atoms with E-state index in [2.05, 4.69) is 60.8 Å². The van der Waals surface area contributed by atoms with Gasteiger partial charge in [0.1, 0.15) is 0 Å². The maximum absolute atomic E-state index is 10.4. The maximum Gasteiger partial charge on any atom is 0.0782 e. The van der Waals surface area contributed by atoms with Crippen molar-refractivity contribution in [1.29, 1.82) is 5.41 Å². The number of hydrogen-bond acceptors (Lipinski definition) is 3. The van der Waals surface area contributed by atoms with Crippen molar-refractivity contribution in [2.45, 2.75) is 342 Å². The topological polar surface area (TPSA) is 50.1 Å². The molecule has 4 heteroatoms. The molecule has 0 rings (SSSR count). The van der Waals surface area contributed by atoms with Crippen LogP contribution >= 0.6 is 0 Å². The van der Waals surface area contributed by atoms with E-state index in [-0.39, 0.29) is 0 Å². The number of quaternary nitrogens is 1. The van der Waals surface area contributed by atoms with Crippen LogP contribution in [0.4, 0.5) is 0 Å². The van der Waals surface area contributed by atoms with E-state index in [0.717, 1.165) is 12.8 Å². The minimum Gasteiger partial charge on any atom is -0.862 e. The fourth-order valence-corrected chi connectivity index (χ4v) is 9.39. The molecule has 65 heavy (non-hydrogen) atoms. The second-order valence-electron chi connectivity index (χ2n) is 21.9. The highest BCUT2D eigenvalue weighted by Gasteiger charge is 2.13. The van der Waals surface area contributed by atoms with Crippen LogP contribution in [0.5, 0.6) is 0 Å². The Morgan fingerprint density at radius 2 is 0.492 bits per heavy atom. The number of nitrogens with one attached hydrogen (secondary N) is 1. The van der Waals surface area contributed by atoms with Crippen LogP contribution in [0.2, 0.25) is 0 Å². The molecule has 0 bridgehead atoms. The van der Waals surface area contributed by atoms with Crippen molar-refractivity contribution < 1.29 is 9.59 Å². The Hall–Kier alpha value is -0.610. The van der Waals surface area contributed by atoms with E-state index in [0.29, 0.717) is 6.42 Å². The van der Waals surface area contributed by atoms with Crippen LogP contribution in [-0.2, 0) is 0 Å². The molecular weight excluding hydrogens is 791 g/mol. The Labute approximate surface area is 414 Å². The molecule has 0 saturated carbocycles. The Morgan fingerprint density at radius 1 is 0.308 bits per heavy atom. The molecule has 0 heterocycles. The molecule has 0 radical (unpaired) electrons. The van der Waals surface area contributed by atoms with Crippen LogP contribution in [0.3, 0.4) is 0 Å². The molecule has 0 aliphatic heterocycles. The van der Waals surface area contributed by atoms with Crippen molar-refractivity contribution in [3.8, 4) is 0 Å². The van der Waals surface area contributed by atoms with E-state index >= 15 is 0 Å². The predicted molar refractivity (Wildman–Crippen MR) is 297 cm³/mol. The fourth-order valence-electron chi connectivity index (χ4n) is 9.39. The van der Waals surface area contributed by atoms with Crippen LogP contribution in [0.25, 0.3) is 0 Å². The van der Waals surface area contributed by atoms with Gasteiger partial charge >= 0.3 is 0 Å². The standard InChI is InChI=1S/C38H80N.C18H37NO.C5H13N/c1-5-7-9-11-13-15-17-19-21-23-25-27-29-31-33-35-37-39(3,4)38-36-34-32-30-28-26-24-22-20-18-16-14-12-10-8-6-2;1-2-3-4-5-6-7-8-9-10-11-12-13-14-15-16-17-18(19)20;1-4-5-6(2)3/h5-38H2,1-4H3;2-17H2,1H3,(H2,19,20);4-5H2,1-3H3/q+1;;/p-1. The fraction of sp³-hybridized carbons (Fsp3) is 0.984. The van der Waals surface area contributed by atoms with Gasteiger partial charge in [-0.1, -0.05) is 297 Å². The van der Waals surface area contributed by atoms with Gasteiger partial charge in [-0.05, 0) is 71.5 Å². The summed E-state index contributed by atoms with van der Waals surface area (Å²) in [6, 6.07) is 0. The molecule has 0 spiro atoms. The molecule has 1 N–H and O–H groups in total. The van der Waals surface area contributed by atoms with Gasteiger partial charge in [-0.3, -0.25) is 0 Å². The summed E-state index contributed by atoms with van der Waals surface area (Å²) in [5.74, 6) is -0.403. The molecule has 0 atom stereocenters. The lowest BCUT2D eigenvalue weighted by molar-refractivity contribution is -0.890. The van der Waals surface area contributed by atoms with Gasteiger partial charge in [0.25, 0.3) is 0 Å². The first kappa shape index (κ1) is 68.7. The lowest BCUT2D eigenvalue weighted by atomic mass is 10.0. The highest BCUT2D eigenvalue weighted by atomic mass is 16.3. The van der Waals surface area contributed by atoms with Gasteiger partial charge in [0.05, 0.1) is 27.2 Å². The molecule has 4 nitrogen and oxygen atoms in total. The first-order valence-corrected chi connectivity index (χ1v) is 30.4. The average Bonchev–Trinajstić information content (AvgIpc) is 3.27. The predicted octanol–water partition coefficient (Wildman–Crippen LogP) is 20.1. The quantitative estimate of drug-likeness (QED) is 0.0286. The third-order valence-electron chi connectivity index (χ3n) is 13.9. The molecule has 0 saturated heterocycles. The van der Waals surface area contributed by atoms with E-state index in [1.54, 1.807) is 0 Å². The summed E-state index contributed by atoms with van der Waals surface area (Å²) >= 11 is 0. The maximum atomic E-state index is 10.4. The van der Waals surface area contributed by atoms with Gasteiger partial charge in [0.2, 0.25) is 0 Å². The summed E-state index contributed by atoms with van der Waals surface area (Å²) in [5.41, 5.74) is 0. The van der Waals surface area contributed by atoms with Gasteiger partial charge in [0.15, 0.2) is 0 Å². The Morgan fingerprint density at radius 3 is 0.646 bits per heavy atom. The minimum atomic E-state index is -0.403. The molecule has 0 aliphatic carbocycles. The van der Waals surface area contributed by atoms with Crippen molar-refractivity contribution in [3.63, 3.8) is 0 Å². The largest absolute Gasteiger partial charge is 0.862 e. The first-order chi connectivity index (χ1) is 31.7. The van der Waals surface area contributed by atoms with Crippen LogP contribution in [0.1, 0.15) is 342 Å². The molecule has 0 unspecified atom stereocenters. The summed E-state index contributed by atoms with van der Waals surface area (Å²) in [6.07, 6.45) is 68.7. The van der Waals surface area contributed by atoms with Gasteiger partial charge in [0, 0.05) is 0 Å². The molecular formula is C61H129N3O. The van der Waals surface area contributed by atoms with Crippen molar-refractivity contribution in [2.75, 3.05) is 47.8 Å². The van der Waals surface area contributed by atoms with Crippen molar-refractivity contribution in [1.82, 2.24) is 4.90 Å². The Kier molecular flexibility index (Phi) is 64.9. The van der Waals surface area contributed by atoms with E-state index in [4.69, 9.17) is 5.41 Å². The lowest BCUT2D eigenvalue weighted by Crippen LogP contribution is -2.41. The third kappa shape index (κ3) is 72.5. The minimum absolute atomic E-state index is 0.403. The van der Waals surface area contributed by atoms with Crippen molar-refractivity contribution in [2.24, 2.45) is 0 Å². The Bertz CT molecular complexity index is 790. The van der Waals surface area contributed by atoms with E-state index in [1.807, 2.05) is 0 Å². The molecule has 0 aromatic heterocycles. The number of hydrogen-bond donors (Lipinski definition) is 1. The lowest BCUT2D eigenvalue weighted by Gasteiger charge is -2.30. The van der Waals surface area contributed by atoms with Gasteiger partial charge in [-0.25, -0.2) is 0 Å². The molecule has 394 valence electrons. The second kappa shape index (κ2) is 61.4. The zero-order valence-corrected chi connectivity index (χ0v) is 47.1. The van der Waals surface area contributed by atoms with E-state index in [1.165, 1.54) is 319 Å². The summed E-state index contributed by atoms with van der Waals surface area (Å²) < 4.78 is 1.25. The number of unbranched alkanes of at least 4 members (excludes halogenated alkanes) is 44. The van der Waals surface area contributed by atoms with Crippen LogP contribution in [-0.4, -0.2) is 63.1 Å². The van der Waals surface area contributed by atoms with Gasteiger partial charge in [-0.15, -0.1) is 0 Å². The monoisotopic (exact) mass is 920 g/mol. The molecule has 0 aromatic rings. The van der Waals surface area contributed by atoms with E-state index < -0.39 is 5.90 Å². The van der Waals surface area contributed by atoms with Crippen LogP contribution in [0, 0.1) is 5.41 Å². The van der Waals surface area contributed by atoms with Crippen LogP contribution < -0.4 is 5.11 Å². The highest BCUT2D eigenvalue weighted by molar-refractivity contribution is 5.67. The summed E-state index contributed by atoms with van der Waals surface area (Å²) in [4.78, 5) is 2.18. The van der Waals surface area contributed by atoms with Crippen molar-refractivity contribution >= 4 is 5.90 Å². The number of rotatable bonds is 52. The zero-order valence-electron chi connectivity index (χ0n) is 47.1.